The molecule has 0 radical (unpaired) electrons. The average molecular weight is 447 g/mol. The van der Waals surface area contributed by atoms with Gasteiger partial charge in [0.15, 0.2) is 5.92 Å². The van der Waals surface area contributed by atoms with Gasteiger partial charge < -0.3 is 9.47 Å². The van der Waals surface area contributed by atoms with Crippen LogP contribution in [0.1, 0.15) is 93.7 Å². The fourth-order valence-electron chi connectivity index (χ4n) is 5.07. The van der Waals surface area contributed by atoms with Gasteiger partial charge in [0.1, 0.15) is 0 Å². The highest BCUT2D eigenvalue weighted by atomic mass is 16.7. The largest absolute Gasteiger partial charge is 0.422 e. The summed E-state index contributed by atoms with van der Waals surface area (Å²) in [7, 11) is 0. The van der Waals surface area contributed by atoms with Gasteiger partial charge in [-0.3, -0.25) is 9.59 Å². The van der Waals surface area contributed by atoms with Crippen LogP contribution >= 0.6 is 0 Å². The van der Waals surface area contributed by atoms with Crippen molar-refractivity contribution in [3.05, 3.63) is 76.4 Å². The Kier molecular flexibility index (Phi) is 5.35. The highest BCUT2D eigenvalue weighted by Gasteiger charge is 2.44. The molecule has 1 fully saturated rings. The fourth-order valence-corrected chi connectivity index (χ4v) is 5.07. The molecule has 0 atom stereocenters. The lowest BCUT2D eigenvalue weighted by atomic mass is 9.62. The van der Waals surface area contributed by atoms with Crippen molar-refractivity contribution in [1.29, 1.82) is 0 Å². The molecule has 0 N–H and O–H groups in total. The highest BCUT2D eigenvalue weighted by molar-refractivity contribution is 6.02. The Bertz CT molecular complexity index is 1130. The normalized spacial score (nSPS) is 21.1. The Labute approximate surface area is 197 Å². The summed E-state index contributed by atoms with van der Waals surface area (Å²) in [6, 6.07) is 12.0. The number of rotatable bonds is 3. The lowest BCUT2D eigenvalue weighted by Gasteiger charge is -2.42. The van der Waals surface area contributed by atoms with Crippen molar-refractivity contribution in [2.24, 2.45) is 0 Å². The number of fused-ring (bicyclic) bond motifs is 1. The molecule has 4 nitrogen and oxygen atoms in total. The van der Waals surface area contributed by atoms with Gasteiger partial charge in [-0.15, -0.1) is 0 Å². The molecule has 2 aliphatic rings. The third-order valence-corrected chi connectivity index (χ3v) is 7.28. The quantitative estimate of drug-likeness (QED) is 0.409. The Morgan fingerprint density at radius 1 is 0.848 bits per heavy atom. The predicted octanol–water partition coefficient (Wildman–Crippen LogP) is 6.33. The molecular formula is C29H34O4. The minimum absolute atomic E-state index is 0.118. The molecule has 0 bridgehead atoms. The minimum atomic E-state index is -1.23. The lowest BCUT2D eigenvalue weighted by Crippen LogP contribution is -2.45. The van der Waals surface area contributed by atoms with E-state index in [1.54, 1.807) is 26.0 Å². The molecule has 0 unspecified atom stereocenters. The molecule has 0 aromatic heterocycles. The third-order valence-electron chi connectivity index (χ3n) is 7.28. The monoisotopic (exact) mass is 446 g/mol. The Morgan fingerprint density at radius 2 is 1.33 bits per heavy atom. The molecule has 4 rings (SSSR count). The second-order valence-electron chi connectivity index (χ2n) is 11.3. The number of hydrogen-bond donors (Lipinski definition) is 0. The summed E-state index contributed by atoms with van der Waals surface area (Å²) < 4.78 is 10.5. The van der Waals surface area contributed by atoms with Gasteiger partial charge in [-0.05, 0) is 69.5 Å². The Hall–Kier alpha value is -2.88. The molecule has 2 aromatic rings. The van der Waals surface area contributed by atoms with E-state index in [9.17, 15) is 9.59 Å². The first-order valence-corrected chi connectivity index (χ1v) is 11.6. The van der Waals surface area contributed by atoms with Crippen LogP contribution in [0.5, 0.6) is 0 Å². The second kappa shape index (κ2) is 7.58. The number of carbonyl (C=O) groups is 2. The third kappa shape index (κ3) is 4.12. The van der Waals surface area contributed by atoms with E-state index < -0.39 is 23.6 Å². The van der Waals surface area contributed by atoms with Crippen LogP contribution in [0.4, 0.5) is 0 Å². The summed E-state index contributed by atoms with van der Waals surface area (Å²) in [5.41, 5.74) is 7.88. The van der Waals surface area contributed by atoms with Gasteiger partial charge in [-0.2, -0.15) is 0 Å². The molecule has 0 amide bonds. The maximum Gasteiger partial charge on any atom is 0.328 e. The summed E-state index contributed by atoms with van der Waals surface area (Å²) >= 11 is 0. The number of carbonyl (C=O) groups excluding carboxylic acids is 2. The molecule has 174 valence electrons. The zero-order chi connectivity index (χ0) is 24.3. The molecule has 1 aliphatic heterocycles. The number of aryl methyl sites for hydroxylation is 1. The van der Waals surface area contributed by atoms with Gasteiger partial charge in [-0.1, -0.05) is 70.7 Å². The van der Waals surface area contributed by atoms with Crippen molar-refractivity contribution < 1.29 is 19.1 Å². The van der Waals surface area contributed by atoms with Crippen LogP contribution in [-0.4, -0.2) is 17.7 Å². The van der Waals surface area contributed by atoms with Gasteiger partial charge >= 0.3 is 11.9 Å². The van der Waals surface area contributed by atoms with Crippen LogP contribution in [0.25, 0.3) is 5.57 Å². The SMILES string of the molecule is C=C(c1ccc(C2C(=O)OC(C)(C)OC2=O)cc1)c1cc2c(cc1C)C(C)(C)CCC2(C)C. The van der Waals surface area contributed by atoms with Gasteiger partial charge in [0.05, 0.1) is 0 Å². The number of benzene rings is 2. The zero-order valence-electron chi connectivity index (χ0n) is 20.8. The van der Waals surface area contributed by atoms with Crippen molar-refractivity contribution in [2.45, 2.75) is 83.8 Å². The zero-order valence-corrected chi connectivity index (χ0v) is 20.8. The molecule has 1 heterocycles. The number of hydrogen-bond acceptors (Lipinski definition) is 4. The maximum absolute atomic E-state index is 12.4. The Balaban J connectivity index is 1.66. The van der Waals surface area contributed by atoms with Crippen LogP contribution < -0.4 is 0 Å². The number of esters is 2. The van der Waals surface area contributed by atoms with Crippen molar-refractivity contribution in [3.8, 4) is 0 Å². The first-order chi connectivity index (χ1) is 15.2. The molecule has 4 heteroatoms. The standard InChI is InChI=1S/C29H34O4/c1-17-15-22-23(28(5,6)14-13-27(22,3)4)16-21(17)18(2)19-9-11-20(12-10-19)24-25(30)32-29(7,8)33-26(24)31/h9-12,15-16,24H,2,13-14H2,1,3-8H3. The van der Waals surface area contributed by atoms with E-state index >= 15 is 0 Å². The van der Waals surface area contributed by atoms with Gasteiger partial charge in [0, 0.05) is 13.8 Å². The van der Waals surface area contributed by atoms with Crippen molar-refractivity contribution in [2.75, 3.05) is 0 Å². The predicted molar refractivity (Wildman–Crippen MR) is 130 cm³/mol. The molecule has 2 aromatic carbocycles. The topological polar surface area (TPSA) is 52.6 Å². The van der Waals surface area contributed by atoms with Gasteiger partial charge in [0.25, 0.3) is 5.79 Å². The molecule has 0 spiro atoms. The second-order valence-corrected chi connectivity index (χ2v) is 11.3. The lowest BCUT2D eigenvalue weighted by molar-refractivity contribution is -0.234. The summed E-state index contributed by atoms with van der Waals surface area (Å²) in [6.45, 7) is 18.9. The van der Waals surface area contributed by atoms with Crippen LogP contribution in [0.3, 0.4) is 0 Å². The van der Waals surface area contributed by atoms with Crippen molar-refractivity contribution >= 4 is 17.5 Å². The molecule has 0 saturated carbocycles. The fraction of sp³-hybridized carbons (Fsp3) is 0.448. The van der Waals surface area contributed by atoms with Crippen LogP contribution in [0.2, 0.25) is 0 Å². The first kappa shape index (κ1) is 23.3. The van der Waals surface area contributed by atoms with E-state index in [2.05, 4.69) is 53.3 Å². The van der Waals surface area contributed by atoms with E-state index in [0.29, 0.717) is 5.56 Å². The van der Waals surface area contributed by atoms with E-state index in [1.165, 1.54) is 23.1 Å². The van der Waals surface area contributed by atoms with Crippen molar-refractivity contribution in [1.82, 2.24) is 0 Å². The van der Waals surface area contributed by atoms with Gasteiger partial charge in [0.2, 0.25) is 0 Å². The summed E-state index contributed by atoms with van der Waals surface area (Å²) in [5, 5.41) is 0. The van der Waals surface area contributed by atoms with Crippen LogP contribution in [-0.2, 0) is 29.9 Å². The van der Waals surface area contributed by atoms with Crippen LogP contribution in [0.15, 0.2) is 43.0 Å². The first-order valence-electron chi connectivity index (χ1n) is 11.6. The van der Waals surface area contributed by atoms with E-state index in [0.717, 1.165) is 23.1 Å². The number of ether oxygens (including phenoxy) is 2. The summed E-state index contributed by atoms with van der Waals surface area (Å²) in [6.07, 6.45) is 2.33. The highest BCUT2D eigenvalue weighted by Crippen LogP contribution is 2.47. The Morgan fingerprint density at radius 3 is 1.85 bits per heavy atom. The van der Waals surface area contributed by atoms with E-state index in [-0.39, 0.29) is 10.8 Å². The van der Waals surface area contributed by atoms with Crippen LogP contribution in [0, 0.1) is 6.92 Å². The molecule has 1 saturated heterocycles. The summed E-state index contributed by atoms with van der Waals surface area (Å²) in [5.74, 6) is -3.46. The minimum Gasteiger partial charge on any atom is -0.422 e. The maximum atomic E-state index is 12.4. The molecular weight excluding hydrogens is 412 g/mol. The van der Waals surface area contributed by atoms with Crippen molar-refractivity contribution in [3.63, 3.8) is 0 Å². The summed E-state index contributed by atoms with van der Waals surface area (Å²) in [4.78, 5) is 24.8. The smallest absolute Gasteiger partial charge is 0.328 e. The average Bonchev–Trinajstić information content (AvgIpc) is 2.70. The van der Waals surface area contributed by atoms with E-state index in [4.69, 9.17) is 9.47 Å². The molecule has 1 aliphatic carbocycles. The number of cyclic esters (lactones) is 2. The van der Waals surface area contributed by atoms with Gasteiger partial charge in [-0.25, -0.2) is 0 Å². The molecule has 33 heavy (non-hydrogen) atoms. The van der Waals surface area contributed by atoms with E-state index in [1.807, 2.05) is 12.1 Å².